The normalized spacial score (nSPS) is 13.7. The molecule has 0 spiro atoms. The van der Waals surface area contributed by atoms with E-state index >= 15 is 0 Å². The molecule has 50 heavy (non-hydrogen) atoms. The van der Waals surface area contributed by atoms with Gasteiger partial charge in [-0.05, 0) is 40.8 Å². The van der Waals surface area contributed by atoms with E-state index in [1.807, 2.05) is 134 Å². The average molecular weight is 678 g/mol. The van der Waals surface area contributed by atoms with E-state index in [-0.39, 0.29) is 18.9 Å². The molecule has 1 amide bonds. The quantitative estimate of drug-likeness (QED) is 0.116. The largest absolute Gasteiger partial charge is 0.449 e. The lowest BCUT2D eigenvalue weighted by Crippen LogP contribution is -2.47. The number of hydrogen-bond acceptors (Lipinski definition) is 4. The fourth-order valence-electron chi connectivity index (χ4n) is 6.91. The number of benzene rings is 6. The van der Waals surface area contributed by atoms with Crippen molar-refractivity contribution in [1.29, 1.82) is 0 Å². The first-order valence-corrected chi connectivity index (χ1v) is 17.1. The number of aryl methyl sites for hydroxylation is 1. The van der Waals surface area contributed by atoms with Crippen LogP contribution in [0.5, 0.6) is 0 Å². The SMILES string of the molecule is Cc1ccc(C(OC(=O)[C@H](Cc2ccccc2)NC(=O)OCC2c3ccccc3-c3ccccc32)(c2ccccc2)c2ccccc2Cl)cc1. The summed E-state index contributed by atoms with van der Waals surface area (Å²) in [6.45, 7) is 2.12. The second kappa shape index (κ2) is 14.5. The Hall–Kier alpha value is -5.65. The molecule has 0 radical (unpaired) electrons. The summed E-state index contributed by atoms with van der Waals surface area (Å²) in [6, 6.07) is 49.6. The first kappa shape index (κ1) is 32.9. The van der Waals surface area contributed by atoms with Crippen molar-refractivity contribution < 1.29 is 19.1 Å². The monoisotopic (exact) mass is 677 g/mol. The Balaban J connectivity index is 1.22. The molecule has 0 saturated heterocycles. The number of alkyl carbamates (subject to hydrolysis) is 1. The maximum absolute atomic E-state index is 14.6. The smallest absolute Gasteiger partial charge is 0.407 e. The lowest BCUT2D eigenvalue weighted by atomic mass is 9.79. The molecule has 248 valence electrons. The van der Waals surface area contributed by atoms with E-state index in [4.69, 9.17) is 21.1 Å². The maximum atomic E-state index is 14.6. The van der Waals surface area contributed by atoms with Crippen LogP contribution in [0.2, 0.25) is 5.02 Å². The zero-order valence-corrected chi connectivity index (χ0v) is 28.3. The van der Waals surface area contributed by atoms with Crippen LogP contribution in [-0.2, 0) is 26.3 Å². The van der Waals surface area contributed by atoms with E-state index in [9.17, 15) is 9.59 Å². The molecule has 0 fully saturated rings. The highest BCUT2D eigenvalue weighted by molar-refractivity contribution is 6.31. The third-order valence-electron chi connectivity index (χ3n) is 9.35. The molecule has 0 aliphatic heterocycles. The lowest BCUT2D eigenvalue weighted by Gasteiger charge is -2.37. The van der Waals surface area contributed by atoms with Crippen LogP contribution in [0.3, 0.4) is 0 Å². The summed E-state index contributed by atoms with van der Waals surface area (Å²) < 4.78 is 12.6. The van der Waals surface area contributed by atoms with Gasteiger partial charge < -0.3 is 14.8 Å². The fraction of sp³-hybridized carbons (Fsp3) is 0.136. The summed E-state index contributed by atoms with van der Waals surface area (Å²) in [5.41, 5.74) is 6.99. The highest BCUT2D eigenvalue weighted by atomic mass is 35.5. The highest BCUT2D eigenvalue weighted by Gasteiger charge is 2.44. The van der Waals surface area contributed by atoms with Crippen LogP contribution in [0.15, 0.2) is 158 Å². The molecule has 0 saturated carbocycles. The van der Waals surface area contributed by atoms with Gasteiger partial charge in [0.15, 0.2) is 5.60 Å². The number of nitrogens with one attached hydrogen (secondary N) is 1. The number of halogens is 1. The summed E-state index contributed by atoms with van der Waals surface area (Å²) in [6.07, 6.45) is -0.520. The predicted molar refractivity (Wildman–Crippen MR) is 197 cm³/mol. The van der Waals surface area contributed by atoms with Crippen molar-refractivity contribution >= 4 is 23.7 Å². The molecule has 0 bridgehead atoms. The number of amides is 1. The van der Waals surface area contributed by atoms with Gasteiger partial charge >= 0.3 is 12.1 Å². The first-order chi connectivity index (χ1) is 24.4. The average Bonchev–Trinajstić information content (AvgIpc) is 3.47. The van der Waals surface area contributed by atoms with Crippen molar-refractivity contribution in [3.05, 3.63) is 202 Å². The summed E-state index contributed by atoms with van der Waals surface area (Å²) in [5.74, 6) is -0.758. The highest BCUT2D eigenvalue weighted by Crippen LogP contribution is 2.45. The molecule has 2 atom stereocenters. The molecular formula is C44H36ClNO4. The fourth-order valence-corrected chi connectivity index (χ4v) is 7.17. The van der Waals surface area contributed by atoms with E-state index < -0.39 is 23.7 Å². The first-order valence-electron chi connectivity index (χ1n) is 16.7. The van der Waals surface area contributed by atoms with Crippen LogP contribution in [-0.4, -0.2) is 24.7 Å². The Morgan fingerprint density at radius 2 is 1.22 bits per heavy atom. The topological polar surface area (TPSA) is 64.6 Å². The molecule has 6 aromatic carbocycles. The second-order valence-corrected chi connectivity index (χ2v) is 12.9. The molecule has 0 heterocycles. The van der Waals surface area contributed by atoms with Gasteiger partial charge in [0.2, 0.25) is 0 Å². The Morgan fingerprint density at radius 1 is 0.680 bits per heavy atom. The summed E-state index contributed by atoms with van der Waals surface area (Å²) >= 11 is 6.91. The molecule has 1 aliphatic rings. The van der Waals surface area contributed by atoms with Gasteiger partial charge in [-0.15, -0.1) is 0 Å². The van der Waals surface area contributed by atoms with Crippen LogP contribution in [0.25, 0.3) is 11.1 Å². The minimum atomic E-state index is -1.43. The summed E-state index contributed by atoms with van der Waals surface area (Å²) in [7, 11) is 0. The number of rotatable bonds is 10. The van der Waals surface area contributed by atoms with Crippen LogP contribution in [0, 0.1) is 6.92 Å². The maximum Gasteiger partial charge on any atom is 0.407 e. The molecule has 1 N–H and O–H groups in total. The van der Waals surface area contributed by atoms with Crippen molar-refractivity contribution in [1.82, 2.24) is 5.32 Å². The molecule has 0 aromatic heterocycles. The van der Waals surface area contributed by atoms with E-state index in [0.717, 1.165) is 38.9 Å². The number of hydrogen-bond donors (Lipinski definition) is 1. The van der Waals surface area contributed by atoms with Gasteiger partial charge in [-0.25, -0.2) is 9.59 Å². The van der Waals surface area contributed by atoms with Gasteiger partial charge in [-0.2, -0.15) is 0 Å². The summed E-state index contributed by atoms with van der Waals surface area (Å²) in [5, 5.41) is 3.31. The van der Waals surface area contributed by atoms with E-state index in [1.54, 1.807) is 6.07 Å². The molecule has 6 aromatic rings. The Kier molecular flexibility index (Phi) is 9.50. The zero-order valence-electron chi connectivity index (χ0n) is 27.6. The molecular weight excluding hydrogens is 642 g/mol. The molecule has 5 nitrogen and oxygen atoms in total. The summed E-state index contributed by atoms with van der Waals surface area (Å²) in [4.78, 5) is 28.3. The van der Waals surface area contributed by atoms with Crippen LogP contribution in [0.4, 0.5) is 4.79 Å². The molecule has 7 rings (SSSR count). The van der Waals surface area contributed by atoms with Gasteiger partial charge in [0.1, 0.15) is 12.6 Å². The van der Waals surface area contributed by atoms with Crippen molar-refractivity contribution in [3.8, 4) is 11.1 Å². The van der Waals surface area contributed by atoms with Gasteiger partial charge in [-0.1, -0.05) is 169 Å². The third-order valence-corrected chi connectivity index (χ3v) is 9.68. The second-order valence-electron chi connectivity index (χ2n) is 12.5. The molecule has 1 unspecified atom stereocenters. The van der Waals surface area contributed by atoms with E-state index in [0.29, 0.717) is 16.1 Å². The van der Waals surface area contributed by atoms with Crippen LogP contribution in [0.1, 0.15) is 44.9 Å². The Labute approximate surface area is 297 Å². The lowest BCUT2D eigenvalue weighted by molar-refractivity contribution is -0.156. The Bertz CT molecular complexity index is 2070. The van der Waals surface area contributed by atoms with Gasteiger partial charge in [-0.3, -0.25) is 0 Å². The Morgan fingerprint density at radius 3 is 1.86 bits per heavy atom. The number of carbonyl (C=O) groups excluding carboxylic acids is 2. The minimum absolute atomic E-state index is 0.115. The number of esters is 1. The van der Waals surface area contributed by atoms with Crippen molar-refractivity contribution in [3.63, 3.8) is 0 Å². The number of ether oxygens (including phenoxy) is 2. The van der Waals surface area contributed by atoms with Crippen LogP contribution < -0.4 is 5.32 Å². The van der Waals surface area contributed by atoms with Crippen molar-refractivity contribution in [2.45, 2.75) is 30.9 Å². The zero-order chi connectivity index (χ0) is 34.5. The van der Waals surface area contributed by atoms with Gasteiger partial charge in [0.05, 0.1) is 0 Å². The molecule has 1 aliphatic carbocycles. The van der Waals surface area contributed by atoms with E-state index in [2.05, 4.69) is 29.6 Å². The van der Waals surface area contributed by atoms with Gasteiger partial charge in [0.25, 0.3) is 0 Å². The number of carbonyl (C=O) groups is 2. The number of fused-ring (bicyclic) bond motifs is 3. The van der Waals surface area contributed by atoms with Crippen molar-refractivity contribution in [2.24, 2.45) is 0 Å². The standard InChI is InChI=1S/C44H36ClNO4/c1-30-24-26-33(27-25-30)44(32-16-6-3-7-17-32,39-22-12-13-23-40(39)45)50-42(47)41(28-31-14-4-2-5-15-31)46-43(48)49-29-38-36-20-10-8-18-34(36)35-19-9-11-21-37(35)38/h2-27,38,41H,28-29H2,1H3,(H,46,48)/t41-,44?/m0/s1. The van der Waals surface area contributed by atoms with Crippen LogP contribution >= 0.6 is 11.6 Å². The van der Waals surface area contributed by atoms with Gasteiger partial charge in [0, 0.05) is 34.1 Å². The van der Waals surface area contributed by atoms with E-state index in [1.165, 1.54) is 0 Å². The third kappa shape index (κ3) is 6.52. The minimum Gasteiger partial charge on any atom is -0.449 e. The van der Waals surface area contributed by atoms with Crippen molar-refractivity contribution in [2.75, 3.05) is 6.61 Å². The molecule has 6 heteroatoms. The predicted octanol–water partition coefficient (Wildman–Crippen LogP) is 9.63.